The molecular formula is C20H18N6O3S. The van der Waals surface area contributed by atoms with E-state index in [0.717, 1.165) is 5.69 Å². The van der Waals surface area contributed by atoms with E-state index in [1.54, 1.807) is 65.8 Å². The number of sulfonamides is 1. The van der Waals surface area contributed by atoms with Gasteiger partial charge in [-0.2, -0.15) is 0 Å². The highest BCUT2D eigenvalue weighted by Crippen LogP contribution is 2.22. The van der Waals surface area contributed by atoms with Gasteiger partial charge >= 0.3 is 0 Å². The van der Waals surface area contributed by atoms with E-state index in [-0.39, 0.29) is 4.90 Å². The lowest BCUT2D eigenvalue weighted by Gasteiger charge is -2.11. The Labute approximate surface area is 173 Å². The number of anilines is 3. The third-order valence-corrected chi connectivity index (χ3v) is 5.60. The Hall–Kier alpha value is -3.92. The zero-order valence-electron chi connectivity index (χ0n) is 15.9. The smallest absolute Gasteiger partial charge is 0.261 e. The van der Waals surface area contributed by atoms with Crippen LogP contribution < -0.4 is 14.8 Å². The summed E-state index contributed by atoms with van der Waals surface area (Å²) in [5, 5.41) is 3.16. The summed E-state index contributed by atoms with van der Waals surface area (Å²) in [6.07, 6.45) is 6.56. The number of methoxy groups -OCH3 is 1. The molecule has 2 aromatic carbocycles. The fraction of sp³-hybridized carbons (Fsp3) is 0.0500. The molecule has 4 aromatic rings. The molecule has 10 heteroatoms. The molecule has 4 rings (SSSR count). The van der Waals surface area contributed by atoms with Gasteiger partial charge < -0.3 is 10.1 Å². The first-order valence-corrected chi connectivity index (χ1v) is 10.4. The zero-order chi connectivity index (χ0) is 21.0. The molecule has 2 heterocycles. The van der Waals surface area contributed by atoms with E-state index < -0.39 is 10.0 Å². The molecule has 0 aliphatic carbocycles. The number of benzene rings is 2. The van der Waals surface area contributed by atoms with Crippen molar-refractivity contribution in [1.29, 1.82) is 0 Å². The Balaban J connectivity index is 1.46. The van der Waals surface area contributed by atoms with Crippen LogP contribution in [0.5, 0.6) is 5.75 Å². The summed E-state index contributed by atoms with van der Waals surface area (Å²) in [6.45, 7) is 0. The number of imidazole rings is 1. The van der Waals surface area contributed by atoms with Crippen LogP contribution in [0.15, 0.2) is 84.5 Å². The second-order valence-electron chi connectivity index (χ2n) is 6.21. The molecule has 0 atom stereocenters. The molecule has 0 saturated carbocycles. The Bertz CT molecular complexity index is 1220. The fourth-order valence-electron chi connectivity index (χ4n) is 2.69. The minimum Gasteiger partial charge on any atom is -0.497 e. The molecule has 9 nitrogen and oxygen atoms in total. The Morgan fingerprint density at radius 3 is 2.37 bits per heavy atom. The second kappa shape index (κ2) is 8.21. The molecule has 0 bridgehead atoms. The van der Waals surface area contributed by atoms with Crippen molar-refractivity contribution >= 4 is 27.2 Å². The monoisotopic (exact) mass is 422 g/mol. The van der Waals surface area contributed by atoms with E-state index in [4.69, 9.17) is 4.74 Å². The molecule has 0 aliphatic heterocycles. The maximum atomic E-state index is 12.5. The normalized spacial score (nSPS) is 11.1. The summed E-state index contributed by atoms with van der Waals surface area (Å²) in [6, 6.07) is 14.8. The van der Waals surface area contributed by atoms with E-state index >= 15 is 0 Å². The summed E-state index contributed by atoms with van der Waals surface area (Å²) < 4.78 is 34.5. The third-order valence-electron chi connectivity index (χ3n) is 4.20. The van der Waals surface area contributed by atoms with Gasteiger partial charge in [0.2, 0.25) is 0 Å². The van der Waals surface area contributed by atoms with E-state index in [0.29, 0.717) is 23.1 Å². The molecule has 152 valence electrons. The maximum Gasteiger partial charge on any atom is 0.261 e. The van der Waals surface area contributed by atoms with E-state index in [2.05, 4.69) is 25.0 Å². The maximum absolute atomic E-state index is 12.5. The lowest BCUT2D eigenvalue weighted by atomic mass is 10.3. The van der Waals surface area contributed by atoms with Crippen molar-refractivity contribution in [3.8, 4) is 11.6 Å². The fourth-order valence-corrected chi connectivity index (χ4v) is 3.75. The van der Waals surface area contributed by atoms with Crippen molar-refractivity contribution in [2.24, 2.45) is 0 Å². The topological polar surface area (TPSA) is 111 Å². The lowest BCUT2D eigenvalue weighted by molar-refractivity contribution is 0.414. The van der Waals surface area contributed by atoms with E-state index in [1.165, 1.54) is 25.6 Å². The largest absolute Gasteiger partial charge is 0.497 e. The van der Waals surface area contributed by atoms with Crippen LogP contribution in [0.2, 0.25) is 0 Å². The average molecular weight is 422 g/mol. The predicted octanol–water partition coefficient (Wildman–Crippen LogP) is 3.22. The van der Waals surface area contributed by atoms with Crippen LogP contribution in [0.1, 0.15) is 0 Å². The highest BCUT2D eigenvalue weighted by atomic mass is 32.2. The molecule has 0 aliphatic rings. The van der Waals surface area contributed by atoms with Crippen LogP contribution in [0.25, 0.3) is 5.82 Å². The van der Waals surface area contributed by atoms with Crippen LogP contribution in [0.4, 0.5) is 17.2 Å². The Morgan fingerprint density at radius 1 is 0.967 bits per heavy atom. The quantitative estimate of drug-likeness (QED) is 0.470. The van der Waals surface area contributed by atoms with Gasteiger partial charge in [-0.3, -0.25) is 9.29 Å². The average Bonchev–Trinajstić information content (AvgIpc) is 3.30. The molecule has 2 aromatic heterocycles. The van der Waals surface area contributed by atoms with Gasteiger partial charge in [0.05, 0.1) is 12.0 Å². The van der Waals surface area contributed by atoms with Gasteiger partial charge in [-0.05, 0) is 48.5 Å². The highest BCUT2D eigenvalue weighted by molar-refractivity contribution is 7.92. The molecule has 2 N–H and O–H groups in total. The molecule has 0 amide bonds. The molecule has 0 fully saturated rings. The third kappa shape index (κ3) is 4.39. The molecule has 30 heavy (non-hydrogen) atoms. The lowest BCUT2D eigenvalue weighted by Crippen LogP contribution is -2.12. The van der Waals surface area contributed by atoms with Crippen LogP contribution in [0, 0.1) is 0 Å². The van der Waals surface area contributed by atoms with Crippen molar-refractivity contribution < 1.29 is 13.2 Å². The van der Waals surface area contributed by atoms with Crippen LogP contribution in [0.3, 0.4) is 0 Å². The highest BCUT2D eigenvalue weighted by Gasteiger charge is 2.14. The van der Waals surface area contributed by atoms with Crippen LogP contribution >= 0.6 is 0 Å². The number of ether oxygens (including phenoxy) is 1. The minimum absolute atomic E-state index is 0.151. The van der Waals surface area contributed by atoms with Gasteiger partial charge in [-0.15, -0.1) is 0 Å². The van der Waals surface area contributed by atoms with Gasteiger partial charge in [0, 0.05) is 29.8 Å². The second-order valence-corrected chi connectivity index (χ2v) is 7.90. The van der Waals surface area contributed by atoms with Gasteiger partial charge in [-0.25, -0.2) is 23.4 Å². The van der Waals surface area contributed by atoms with Crippen molar-refractivity contribution in [3.05, 3.63) is 79.6 Å². The number of nitrogens with zero attached hydrogens (tertiary/aromatic N) is 4. The van der Waals surface area contributed by atoms with Gasteiger partial charge in [-0.1, -0.05) is 0 Å². The minimum atomic E-state index is -3.70. The number of rotatable bonds is 7. The summed E-state index contributed by atoms with van der Waals surface area (Å²) in [4.78, 5) is 12.6. The summed E-state index contributed by atoms with van der Waals surface area (Å²) in [7, 11) is -2.17. The zero-order valence-corrected chi connectivity index (χ0v) is 16.7. The van der Waals surface area contributed by atoms with Crippen molar-refractivity contribution in [2.75, 3.05) is 17.1 Å². The van der Waals surface area contributed by atoms with Crippen LogP contribution in [-0.2, 0) is 10.0 Å². The molecular weight excluding hydrogens is 404 g/mol. The summed E-state index contributed by atoms with van der Waals surface area (Å²) in [5.74, 6) is 1.86. The number of nitrogens with one attached hydrogen (secondary N) is 2. The Morgan fingerprint density at radius 2 is 1.70 bits per heavy atom. The first kappa shape index (κ1) is 19.4. The van der Waals surface area contributed by atoms with Crippen molar-refractivity contribution in [1.82, 2.24) is 19.5 Å². The Kier molecular flexibility index (Phi) is 5.31. The standard InChI is InChI=1S/C20H18N6O3S/c1-29-17-6-8-18(9-7-17)30(27,28)25-16-4-2-15(3-5-16)24-19-12-20(23-13-22-19)26-11-10-21-14-26/h2-14,25H,1H3,(H,22,23,24). The first-order chi connectivity index (χ1) is 14.5. The first-order valence-electron chi connectivity index (χ1n) is 8.88. The van der Waals surface area contributed by atoms with E-state index in [9.17, 15) is 8.42 Å². The number of hydrogen-bond donors (Lipinski definition) is 2. The number of hydrogen-bond acceptors (Lipinski definition) is 7. The molecule has 0 unspecified atom stereocenters. The van der Waals surface area contributed by atoms with Crippen molar-refractivity contribution in [2.45, 2.75) is 4.90 Å². The summed E-state index contributed by atoms with van der Waals surface area (Å²) in [5.41, 5.74) is 1.19. The van der Waals surface area contributed by atoms with Gasteiger partial charge in [0.1, 0.15) is 30.0 Å². The van der Waals surface area contributed by atoms with Gasteiger partial charge in [0.15, 0.2) is 0 Å². The predicted molar refractivity (Wildman–Crippen MR) is 113 cm³/mol. The molecule has 0 spiro atoms. The van der Waals surface area contributed by atoms with Gasteiger partial charge in [0.25, 0.3) is 10.0 Å². The number of aromatic nitrogens is 4. The molecule has 0 saturated heterocycles. The van der Waals surface area contributed by atoms with Crippen molar-refractivity contribution in [3.63, 3.8) is 0 Å². The van der Waals surface area contributed by atoms with E-state index in [1.807, 2.05) is 0 Å². The summed E-state index contributed by atoms with van der Waals surface area (Å²) >= 11 is 0. The van der Waals surface area contributed by atoms with Crippen LogP contribution in [-0.4, -0.2) is 35.0 Å². The molecule has 0 radical (unpaired) electrons. The SMILES string of the molecule is COc1ccc(S(=O)(=O)Nc2ccc(Nc3cc(-n4ccnc4)ncn3)cc2)cc1.